The average molecular weight is 302 g/mol. The van der Waals surface area contributed by atoms with Crippen LogP contribution in [-0.2, 0) is 13.1 Å². The first kappa shape index (κ1) is 14.8. The fourth-order valence-electron chi connectivity index (χ4n) is 3.04. The van der Waals surface area contributed by atoms with Crippen LogP contribution in [0.25, 0.3) is 0 Å². The smallest absolute Gasteiger partial charge is 0.258 e. The quantitative estimate of drug-likeness (QED) is 0.867. The summed E-state index contributed by atoms with van der Waals surface area (Å²) in [6, 6.07) is 3.91. The molecule has 0 spiro atoms. The molecule has 0 unspecified atom stereocenters. The minimum atomic E-state index is 0.0350. The van der Waals surface area contributed by atoms with Crippen LogP contribution in [0.4, 0.5) is 0 Å². The van der Waals surface area contributed by atoms with E-state index in [4.69, 9.17) is 4.42 Å². The summed E-state index contributed by atoms with van der Waals surface area (Å²) < 4.78 is 7.30. The molecule has 2 aromatic heterocycles. The van der Waals surface area contributed by atoms with Gasteiger partial charge in [-0.1, -0.05) is 0 Å². The van der Waals surface area contributed by atoms with E-state index in [-0.39, 0.29) is 11.9 Å². The number of aromatic nitrogens is 2. The van der Waals surface area contributed by atoms with Gasteiger partial charge in [0.2, 0.25) is 0 Å². The molecule has 118 valence electrons. The Bertz CT molecular complexity index is 659. The summed E-state index contributed by atoms with van der Waals surface area (Å²) in [5.41, 5.74) is 1.73. The predicted octanol–water partition coefficient (Wildman–Crippen LogP) is 1.76. The Morgan fingerprint density at radius 1 is 1.45 bits per heavy atom. The Morgan fingerprint density at radius 3 is 2.95 bits per heavy atom. The molecule has 22 heavy (non-hydrogen) atoms. The van der Waals surface area contributed by atoms with Crippen molar-refractivity contribution in [1.82, 2.24) is 19.6 Å². The Morgan fingerprint density at radius 2 is 2.27 bits per heavy atom. The van der Waals surface area contributed by atoms with Crippen molar-refractivity contribution in [3.05, 3.63) is 41.6 Å². The van der Waals surface area contributed by atoms with Gasteiger partial charge in [-0.3, -0.25) is 9.48 Å². The first-order valence-corrected chi connectivity index (χ1v) is 7.56. The van der Waals surface area contributed by atoms with Crippen molar-refractivity contribution in [3.8, 4) is 0 Å². The lowest BCUT2D eigenvalue weighted by molar-refractivity contribution is 0.0625. The van der Waals surface area contributed by atoms with Gasteiger partial charge < -0.3 is 14.2 Å². The van der Waals surface area contributed by atoms with Crippen LogP contribution >= 0.6 is 0 Å². The van der Waals surface area contributed by atoms with Gasteiger partial charge in [0.15, 0.2) is 0 Å². The third-order valence-electron chi connectivity index (χ3n) is 4.18. The van der Waals surface area contributed by atoms with Crippen molar-refractivity contribution in [2.45, 2.75) is 32.5 Å². The molecule has 0 saturated carbocycles. The Balaban J connectivity index is 1.92. The lowest BCUT2D eigenvalue weighted by Gasteiger charge is -2.31. The molecule has 3 heterocycles. The summed E-state index contributed by atoms with van der Waals surface area (Å²) in [5, 5.41) is 4.35. The van der Waals surface area contributed by atoms with Gasteiger partial charge in [0.25, 0.3) is 5.91 Å². The van der Waals surface area contributed by atoms with E-state index in [9.17, 15) is 4.79 Å². The second-order valence-electron chi connectivity index (χ2n) is 6.07. The summed E-state index contributed by atoms with van der Waals surface area (Å²) in [6.45, 7) is 4.10. The standard InChI is InChI=1S/C16H22N4O2/c1-12-15(6-9-22-12)16(21)19-11-14-4-7-17-20(14)8-5-13(19)10-18(2)3/h4,6-7,9,13H,5,8,10-11H2,1-3H3/t13-/m1/s1. The molecule has 0 aliphatic carbocycles. The van der Waals surface area contributed by atoms with E-state index in [2.05, 4.69) is 10.00 Å². The Labute approximate surface area is 130 Å². The second kappa shape index (κ2) is 5.96. The van der Waals surface area contributed by atoms with E-state index in [1.54, 1.807) is 18.5 Å². The van der Waals surface area contributed by atoms with Gasteiger partial charge in [-0.05, 0) is 39.6 Å². The highest BCUT2D eigenvalue weighted by molar-refractivity contribution is 5.95. The lowest BCUT2D eigenvalue weighted by Crippen LogP contribution is -2.44. The summed E-state index contributed by atoms with van der Waals surface area (Å²) in [5.74, 6) is 0.708. The number of furan rings is 1. The van der Waals surface area contributed by atoms with Gasteiger partial charge in [0, 0.05) is 25.3 Å². The van der Waals surface area contributed by atoms with Crippen molar-refractivity contribution in [1.29, 1.82) is 0 Å². The zero-order chi connectivity index (χ0) is 15.7. The molecule has 1 amide bonds. The van der Waals surface area contributed by atoms with E-state index in [0.29, 0.717) is 17.9 Å². The van der Waals surface area contributed by atoms with Crippen LogP contribution in [0, 0.1) is 6.92 Å². The highest BCUT2D eigenvalue weighted by atomic mass is 16.3. The largest absolute Gasteiger partial charge is 0.469 e. The van der Waals surface area contributed by atoms with E-state index < -0.39 is 0 Å². The van der Waals surface area contributed by atoms with E-state index >= 15 is 0 Å². The first-order chi connectivity index (χ1) is 10.6. The van der Waals surface area contributed by atoms with Crippen molar-refractivity contribution in [2.24, 2.45) is 0 Å². The summed E-state index contributed by atoms with van der Waals surface area (Å²) in [6.07, 6.45) is 4.27. The van der Waals surface area contributed by atoms with Crippen molar-refractivity contribution in [2.75, 3.05) is 20.6 Å². The lowest BCUT2D eigenvalue weighted by atomic mass is 10.1. The number of hydrogen-bond acceptors (Lipinski definition) is 4. The molecular weight excluding hydrogens is 280 g/mol. The predicted molar refractivity (Wildman–Crippen MR) is 82.5 cm³/mol. The maximum Gasteiger partial charge on any atom is 0.258 e. The Kier molecular flexibility index (Phi) is 4.02. The van der Waals surface area contributed by atoms with Crippen molar-refractivity contribution in [3.63, 3.8) is 0 Å². The maximum atomic E-state index is 13.0. The minimum absolute atomic E-state index is 0.0350. The van der Waals surface area contributed by atoms with Crippen LogP contribution in [-0.4, -0.2) is 52.2 Å². The molecule has 2 aromatic rings. The third-order valence-corrected chi connectivity index (χ3v) is 4.18. The van der Waals surface area contributed by atoms with Crippen LogP contribution < -0.4 is 0 Å². The number of carbonyl (C=O) groups is 1. The van der Waals surface area contributed by atoms with Gasteiger partial charge in [-0.15, -0.1) is 0 Å². The fraction of sp³-hybridized carbons (Fsp3) is 0.500. The first-order valence-electron chi connectivity index (χ1n) is 7.56. The second-order valence-corrected chi connectivity index (χ2v) is 6.07. The van der Waals surface area contributed by atoms with Crippen LogP contribution in [0.15, 0.2) is 29.0 Å². The number of rotatable bonds is 3. The molecule has 0 radical (unpaired) electrons. The average Bonchev–Trinajstić information content (AvgIpc) is 3.05. The Hall–Kier alpha value is -2.08. The summed E-state index contributed by atoms with van der Waals surface area (Å²) >= 11 is 0. The van der Waals surface area contributed by atoms with E-state index in [1.165, 1.54) is 0 Å². The molecule has 0 saturated heterocycles. The molecule has 0 bridgehead atoms. The van der Waals surface area contributed by atoms with Crippen molar-refractivity contribution < 1.29 is 9.21 Å². The molecular formula is C16H22N4O2. The number of nitrogens with zero attached hydrogens (tertiary/aromatic N) is 4. The summed E-state index contributed by atoms with van der Waals surface area (Å²) in [7, 11) is 4.07. The molecule has 3 rings (SSSR count). The number of fused-ring (bicyclic) bond motifs is 1. The highest BCUT2D eigenvalue weighted by Crippen LogP contribution is 2.22. The third kappa shape index (κ3) is 2.78. The fourth-order valence-corrected chi connectivity index (χ4v) is 3.04. The zero-order valence-corrected chi connectivity index (χ0v) is 13.3. The molecule has 6 nitrogen and oxygen atoms in total. The number of aryl methyl sites for hydroxylation is 2. The van der Waals surface area contributed by atoms with Gasteiger partial charge in [0.1, 0.15) is 5.76 Å². The number of likely N-dealkylation sites (N-methyl/N-ethyl adjacent to an activating group) is 1. The topological polar surface area (TPSA) is 54.5 Å². The highest BCUT2D eigenvalue weighted by Gasteiger charge is 2.30. The van der Waals surface area contributed by atoms with Crippen LogP contribution in [0.5, 0.6) is 0 Å². The van der Waals surface area contributed by atoms with Crippen LogP contribution in [0.3, 0.4) is 0 Å². The van der Waals surface area contributed by atoms with Crippen LogP contribution in [0.1, 0.15) is 28.2 Å². The van der Waals surface area contributed by atoms with E-state index in [0.717, 1.165) is 25.2 Å². The van der Waals surface area contributed by atoms with Gasteiger partial charge in [-0.25, -0.2) is 0 Å². The summed E-state index contributed by atoms with van der Waals surface area (Å²) in [4.78, 5) is 17.1. The number of hydrogen-bond donors (Lipinski definition) is 0. The zero-order valence-electron chi connectivity index (χ0n) is 13.3. The molecule has 0 fully saturated rings. The van der Waals surface area contributed by atoms with Crippen molar-refractivity contribution >= 4 is 5.91 Å². The number of carbonyl (C=O) groups excluding carboxylic acids is 1. The SMILES string of the molecule is Cc1occc1C(=O)N1Cc2ccnn2CC[C@@H]1CN(C)C. The molecule has 1 aliphatic heterocycles. The number of amides is 1. The minimum Gasteiger partial charge on any atom is -0.469 e. The van der Waals surface area contributed by atoms with Gasteiger partial charge in [0.05, 0.1) is 24.1 Å². The molecule has 0 N–H and O–H groups in total. The molecule has 1 atom stereocenters. The maximum absolute atomic E-state index is 13.0. The molecule has 6 heteroatoms. The molecule has 1 aliphatic rings. The van der Waals surface area contributed by atoms with Gasteiger partial charge in [-0.2, -0.15) is 5.10 Å². The normalized spacial score (nSPS) is 18.4. The van der Waals surface area contributed by atoms with Gasteiger partial charge >= 0.3 is 0 Å². The monoisotopic (exact) mass is 302 g/mol. The van der Waals surface area contributed by atoms with E-state index in [1.807, 2.05) is 36.7 Å². The van der Waals surface area contributed by atoms with Crippen LogP contribution in [0.2, 0.25) is 0 Å². The molecule has 0 aromatic carbocycles.